The largest absolute Gasteiger partial charge is 0.496 e. The van der Waals surface area contributed by atoms with E-state index < -0.39 is 7.14 Å². The van der Waals surface area contributed by atoms with Crippen molar-refractivity contribution in [1.82, 2.24) is 19.8 Å². The molecule has 2 aromatic carbocycles. The van der Waals surface area contributed by atoms with Crippen LogP contribution in [0.3, 0.4) is 0 Å². The predicted octanol–water partition coefficient (Wildman–Crippen LogP) is 6.12. The lowest BCUT2D eigenvalue weighted by molar-refractivity contribution is 0.0982. The molecule has 2 aliphatic heterocycles. The molecule has 0 saturated carbocycles. The number of nitrogens with one attached hydrogen (secondary N) is 1. The van der Waals surface area contributed by atoms with Gasteiger partial charge in [0.05, 0.1) is 19.0 Å². The number of anilines is 3. The van der Waals surface area contributed by atoms with E-state index in [9.17, 15) is 4.57 Å². The fraction of sp³-hybridized carbons (Fsp3) is 0.529. The summed E-state index contributed by atoms with van der Waals surface area (Å²) < 4.78 is 19.2. The molecule has 0 atom stereocenters. The van der Waals surface area contributed by atoms with Gasteiger partial charge >= 0.3 is 0 Å². The fourth-order valence-corrected chi connectivity index (χ4v) is 8.53. The van der Waals surface area contributed by atoms with Gasteiger partial charge in [-0.2, -0.15) is 0 Å². The third-order valence-corrected chi connectivity index (χ3v) is 11.3. The van der Waals surface area contributed by atoms with Crippen LogP contribution in [-0.2, 0) is 17.4 Å². The molecular formula is C34H48ClN6O2P. The second-order valence-electron chi connectivity index (χ2n) is 12.7. The maximum absolute atomic E-state index is 13.2. The van der Waals surface area contributed by atoms with E-state index in [1.807, 2.05) is 26.0 Å². The van der Waals surface area contributed by atoms with Crippen molar-refractivity contribution >= 4 is 41.2 Å². The molecule has 8 nitrogen and oxygen atoms in total. The van der Waals surface area contributed by atoms with E-state index in [2.05, 4.69) is 51.1 Å². The Morgan fingerprint density at radius 3 is 2.39 bits per heavy atom. The van der Waals surface area contributed by atoms with Crippen molar-refractivity contribution in [3.05, 3.63) is 63.6 Å². The van der Waals surface area contributed by atoms with Crippen LogP contribution in [0.1, 0.15) is 47.8 Å². The molecule has 2 fully saturated rings. The number of ether oxygens (including phenoxy) is 1. The number of benzene rings is 2. The Morgan fingerprint density at radius 1 is 1.05 bits per heavy atom. The average molecular weight is 639 g/mol. The van der Waals surface area contributed by atoms with Crippen LogP contribution in [0.2, 0.25) is 5.02 Å². The van der Waals surface area contributed by atoms with Gasteiger partial charge < -0.3 is 24.4 Å². The fourth-order valence-electron chi connectivity index (χ4n) is 6.70. The van der Waals surface area contributed by atoms with Gasteiger partial charge in [-0.05, 0) is 82.3 Å². The lowest BCUT2D eigenvalue weighted by Gasteiger charge is -2.43. The van der Waals surface area contributed by atoms with Crippen molar-refractivity contribution in [2.75, 3.05) is 77.0 Å². The van der Waals surface area contributed by atoms with E-state index >= 15 is 0 Å². The zero-order valence-corrected chi connectivity index (χ0v) is 29.1. The van der Waals surface area contributed by atoms with E-state index in [0.29, 0.717) is 29.1 Å². The topological polar surface area (TPSA) is 73.8 Å². The minimum absolute atomic E-state index is 0.413. The molecule has 5 rings (SSSR count). The van der Waals surface area contributed by atoms with Crippen molar-refractivity contribution in [1.29, 1.82) is 0 Å². The number of likely N-dealkylation sites (N-methyl/N-ethyl adjacent to an activating group) is 1. The number of piperidine rings is 1. The number of halogens is 1. The van der Waals surface area contributed by atoms with Crippen molar-refractivity contribution in [3.63, 3.8) is 0 Å². The van der Waals surface area contributed by atoms with Gasteiger partial charge in [-0.3, -0.25) is 4.90 Å². The summed E-state index contributed by atoms with van der Waals surface area (Å²) in [5.74, 6) is 1.99. The summed E-state index contributed by atoms with van der Waals surface area (Å²) in [5.41, 5.74) is 6.52. The average Bonchev–Trinajstić information content (AvgIpc) is 3.00. The molecule has 2 saturated heterocycles. The van der Waals surface area contributed by atoms with Crippen molar-refractivity contribution in [2.45, 2.75) is 52.5 Å². The van der Waals surface area contributed by atoms with Crippen molar-refractivity contribution in [2.24, 2.45) is 0 Å². The molecule has 3 heterocycles. The third kappa shape index (κ3) is 7.25. The number of aryl methyl sites for hydroxylation is 2. The van der Waals surface area contributed by atoms with E-state index in [1.165, 1.54) is 50.3 Å². The van der Waals surface area contributed by atoms with Crippen LogP contribution in [-0.4, -0.2) is 92.6 Å². The highest BCUT2D eigenvalue weighted by Crippen LogP contribution is 2.41. The van der Waals surface area contributed by atoms with E-state index in [-0.39, 0.29) is 0 Å². The number of aromatic nitrogens is 2. The van der Waals surface area contributed by atoms with Gasteiger partial charge in [0.25, 0.3) is 0 Å². The van der Waals surface area contributed by atoms with Gasteiger partial charge in [0, 0.05) is 74.4 Å². The zero-order valence-electron chi connectivity index (χ0n) is 27.4. The predicted molar refractivity (Wildman–Crippen MR) is 185 cm³/mol. The third-order valence-electron chi connectivity index (χ3n) is 9.36. The number of methoxy groups -OCH3 is 1. The van der Waals surface area contributed by atoms with Crippen LogP contribution >= 0.6 is 18.7 Å². The van der Waals surface area contributed by atoms with Crippen molar-refractivity contribution < 1.29 is 9.30 Å². The first-order valence-electron chi connectivity index (χ1n) is 15.8. The smallest absolute Gasteiger partial charge is 0.153 e. The molecule has 10 heteroatoms. The van der Waals surface area contributed by atoms with E-state index in [1.54, 1.807) is 26.6 Å². The molecule has 0 bridgehead atoms. The minimum Gasteiger partial charge on any atom is -0.496 e. The van der Waals surface area contributed by atoms with Crippen molar-refractivity contribution in [3.8, 4) is 5.75 Å². The minimum atomic E-state index is -2.56. The number of piperazine rings is 1. The van der Waals surface area contributed by atoms with Crippen LogP contribution in [0.25, 0.3) is 0 Å². The Labute approximate surface area is 268 Å². The molecule has 0 aliphatic carbocycles. The summed E-state index contributed by atoms with van der Waals surface area (Å²) >= 11 is 6.57. The van der Waals surface area contributed by atoms with Gasteiger partial charge in [-0.25, -0.2) is 9.97 Å². The first-order valence-corrected chi connectivity index (χ1v) is 18.8. The molecule has 1 N–H and O–H groups in total. The highest BCUT2D eigenvalue weighted by atomic mass is 35.5. The lowest BCUT2D eigenvalue weighted by Crippen LogP contribution is -2.52. The Bertz CT molecular complexity index is 1530. The highest BCUT2D eigenvalue weighted by Gasteiger charge is 2.28. The molecule has 0 amide bonds. The SMILES string of the molecule is CCc1cc(Cc2ncc(Cl)c(Nc3ccc(C)c(C)c3P(C)(C)=O)n2)c(OC)cc1N1CCC(N2CCN(C)CC2)CC1. The Morgan fingerprint density at radius 2 is 1.75 bits per heavy atom. The summed E-state index contributed by atoms with van der Waals surface area (Å²) in [7, 11) is 1.39. The van der Waals surface area contributed by atoms with Gasteiger partial charge in [0.1, 0.15) is 23.7 Å². The van der Waals surface area contributed by atoms with E-state index in [0.717, 1.165) is 52.9 Å². The van der Waals surface area contributed by atoms with E-state index in [4.69, 9.17) is 21.3 Å². The summed E-state index contributed by atoms with van der Waals surface area (Å²) in [6.45, 7) is 16.7. The maximum Gasteiger partial charge on any atom is 0.153 e. The summed E-state index contributed by atoms with van der Waals surface area (Å²) in [6.07, 6.45) is 5.46. The first-order chi connectivity index (χ1) is 21.0. The number of hydrogen-bond donors (Lipinski definition) is 1. The van der Waals surface area contributed by atoms with Crippen LogP contribution in [0, 0.1) is 13.8 Å². The van der Waals surface area contributed by atoms with Gasteiger partial charge in [-0.15, -0.1) is 0 Å². The molecule has 238 valence electrons. The summed E-state index contributed by atoms with van der Waals surface area (Å²) in [5, 5.41) is 4.61. The maximum atomic E-state index is 13.2. The number of nitrogens with zero attached hydrogens (tertiary/aromatic N) is 5. The van der Waals surface area contributed by atoms with Gasteiger partial charge in [0.15, 0.2) is 5.82 Å². The number of rotatable bonds is 9. The number of hydrogen-bond acceptors (Lipinski definition) is 8. The molecule has 0 unspecified atom stereocenters. The Kier molecular flexibility index (Phi) is 10.3. The van der Waals surface area contributed by atoms with Gasteiger partial charge in [0.2, 0.25) is 0 Å². The highest BCUT2D eigenvalue weighted by molar-refractivity contribution is 7.70. The standard InChI is InChI=1S/C34H48ClN6O2P/c1-8-25-19-26(31(43-5)21-30(25)41-13-11-27(12-14-41)40-17-15-39(4)16-18-40)20-32-36-22-28(35)34(38-32)37-29-10-9-23(2)24(3)33(29)44(6,7)42/h9-10,19,21-22,27H,8,11-18,20H2,1-7H3,(H,36,37,38). The lowest BCUT2D eigenvalue weighted by atomic mass is 9.98. The molecule has 44 heavy (non-hydrogen) atoms. The quantitative estimate of drug-likeness (QED) is 0.281. The van der Waals surface area contributed by atoms with Crippen LogP contribution < -0.4 is 20.3 Å². The molecular weight excluding hydrogens is 591 g/mol. The summed E-state index contributed by atoms with van der Waals surface area (Å²) in [4.78, 5) is 17.1. The second kappa shape index (κ2) is 13.8. The zero-order chi connectivity index (χ0) is 31.6. The van der Waals surface area contributed by atoms with Crippen LogP contribution in [0.5, 0.6) is 5.75 Å². The Hall–Kier alpha value is -2.64. The molecule has 1 aromatic heterocycles. The normalized spacial score (nSPS) is 17.2. The van der Waals surface area contributed by atoms with Crippen LogP contribution in [0.4, 0.5) is 17.2 Å². The van der Waals surface area contributed by atoms with Gasteiger partial charge in [-0.1, -0.05) is 24.6 Å². The molecule has 3 aromatic rings. The molecule has 0 spiro atoms. The molecule has 2 aliphatic rings. The molecule has 0 radical (unpaired) electrons. The summed E-state index contributed by atoms with van der Waals surface area (Å²) in [6, 6.07) is 9.13. The second-order valence-corrected chi connectivity index (χ2v) is 16.3. The monoisotopic (exact) mass is 638 g/mol. The van der Waals surface area contributed by atoms with Crippen LogP contribution in [0.15, 0.2) is 30.5 Å². The first kappa shape index (κ1) is 32.7. The Balaban J connectivity index is 1.35.